The highest BCUT2D eigenvalue weighted by atomic mass is 32.1. The normalized spacial score (nSPS) is 18.3. The van der Waals surface area contributed by atoms with Gasteiger partial charge in [-0.3, -0.25) is 0 Å². The van der Waals surface area contributed by atoms with Gasteiger partial charge in [0.2, 0.25) is 0 Å². The summed E-state index contributed by atoms with van der Waals surface area (Å²) < 4.78 is 8.71. The Morgan fingerprint density at radius 3 is 3.17 bits per heavy atom. The van der Waals surface area contributed by atoms with Crippen molar-refractivity contribution in [3.63, 3.8) is 0 Å². The molecule has 0 unspecified atom stereocenters. The third kappa shape index (κ3) is 1.33. The van der Waals surface area contributed by atoms with Crippen molar-refractivity contribution in [1.29, 1.82) is 0 Å². The summed E-state index contributed by atoms with van der Waals surface area (Å²) in [7, 11) is 0. The third-order valence-corrected chi connectivity index (χ3v) is 4.55. The van der Waals surface area contributed by atoms with E-state index in [0.29, 0.717) is 6.61 Å². The van der Waals surface area contributed by atoms with Crippen molar-refractivity contribution in [3.05, 3.63) is 23.1 Å². The molecule has 0 radical (unpaired) electrons. The maximum absolute atomic E-state index is 5.88. The van der Waals surface area contributed by atoms with Crippen molar-refractivity contribution in [2.45, 2.75) is 32.5 Å². The minimum atomic E-state index is -0.0855. The van der Waals surface area contributed by atoms with E-state index in [4.69, 9.17) is 4.74 Å². The Morgan fingerprint density at radius 2 is 2.28 bits per heavy atom. The fourth-order valence-electron chi connectivity index (χ4n) is 2.40. The van der Waals surface area contributed by atoms with Gasteiger partial charge in [-0.2, -0.15) is 5.10 Å². The molecule has 5 nitrogen and oxygen atoms in total. The van der Waals surface area contributed by atoms with Gasteiger partial charge in [0.15, 0.2) is 5.65 Å². The van der Waals surface area contributed by atoms with E-state index in [0.717, 1.165) is 22.3 Å². The van der Waals surface area contributed by atoms with E-state index in [1.165, 1.54) is 10.4 Å². The number of ether oxygens (including phenoxy) is 1. The van der Waals surface area contributed by atoms with Gasteiger partial charge >= 0.3 is 0 Å². The van der Waals surface area contributed by atoms with Crippen LogP contribution in [0.4, 0.5) is 0 Å². The molecule has 18 heavy (non-hydrogen) atoms. The highest BCUT2D eigenvalue weighted by Crippen LogP contribution is 2.38. The molecule has 1 aliphatic heterocycles. The summed E-state index contributed by atoms with van der Waals surface area (Å²) in [6, 6.07) is 0. The molecule has 4 rings (SSSR count). The monoisotopic (exact) mass is 260 g/mol. The van der Waals surface area contributed by atoms with Gasteiger partial charge in [0.05, 0.1) is 22.4 Å². The van der Waals surface area contributed by atoms with Crippen LogP contribution >= 0.6 is 11.3 Å². The van der Waals surface area contributed by atoms with E-state index in [-0.39, 0.29) is 5.60 Å². The summed E-state index contributed by atoms with van der Waals surface area (Å²) in [6.45, 7) is 4.89. The fourth-order valence-corrected chi connectivity index (χ4v) is 3.85. The molecule has 92 valence electrons. The number of thiophene rings is 1. The van der Waals surface area contributed by atoms with Gasteiger partial charge in [-0.25, -0.2) is 14.5 Å². The smallest absolute Gasteiger partial charge is 0.176 e. The number of nitrogens with zero attached hydrogens (tertiary/aromatic N) is 4. The lowest BCUT2D eigenvalue weighted by Gasteiger charge is -2.29. The first-order chi connectivity index (χ1) is 8.64. The van der Waals surface area contributed by atoms with Crippen LogP contribution in [0.15, 0.2) is 12.7 Å². The molecule has 0 N–H and O–H groups in total. The van der Waals surface area contributed by atoms with E-state index < -0.39 is 0 Å². The topological polar surface area (TPSA) is 52.3 Å². The second-order valence-electron chi connectivity index (χ2n) is 5.18. The summed E-state index contributed by atoms with van der Waals surface area (Å²) in [5, 5.41) is 4.12. The highest BCUT2D eigenvalue weighted by Gasteiger charge is 2.30. The van der Waals surface area contributed by atoms with Crippen LogP contribution in [-0.2, 0) is 17.8 Å². The molecule has 1 aliphatic rings. The molecule has 0 saturated carbocycles. The maximum Gasteiger partial charge on any atom is 0.176 e. The lowest BCUT2D eigenvalue weighted by atomic mass is 9.98. The second-order valence-corrected chi connectivity index (χ2v) is 6.28. The number of hydrogen-bond acceptors (Lipinski definition) is 5. The second kappa shape index (κ2) is 3.27. The van der Waals surface area contributed by atoms with Gasteiger partial charge < -0.3 is 4.74 Å². The minimum absolute atomic E-state index is 0.0855. The predicted molar refractivity (Wildman–Crippen MR) is 68.7 cm³/mol. The van der Waals surface area contributed by atoms with E-state index in [1.54, 1.807) is 28.5 Å². The maximum atomic E-state index is 5.88. The van der Waals surface area contributed by atoms with Gasteiger partial charge in [-0.1, -0.05) is 0 Å². The zero-order valence-corrected chi connectivity index (χ0v) is 11.0. The van der Waals surface area contributed by atoms with Crippen LogP contribution in [0.25, 0.3) is 15.9 Å². The van der Waals surface area contributed by atoms with Crippen LogP contribution in [0.1, 0.15) is 24.3 Å². The first-order valence-electron chi connectivity index (χ1n) is 5.87. The summed E-state index contributed by atoms with van der Waals surface area (Å²) in [5.74, 6) is 0. The van der Waals surface area contributed by atoms with Gasteiger partial charge in [0, 0.05) is 16.9 Å². The molecule has 6 heteroatoms. The van der Waals surface area contributed by atoms with Crippen molar-refractivity contribution >= 4 is 27.2 Å². The van der Waals surface area contributed by atoms with Crippen LogP contribution in [-0.4, -0.2) is 25.2 Å². The molecular formula is C12H12N4OS. The molecule has 0 atom stereocenters. The summed E-state index contributed by atoms with van der Waals surface area (Å²) in [6.07, 6.45) is 4.22. The minimum Gasteiger partial charge on any atom is -0.370 e. The average molecular weight is 260 g/mol. The lowest BCUT2D eigenvalue weighted by Crippen LogP contribution is -2.30. The summed E-state index contributed by atoms with van der Waals surface area (Å²) in [4.78, 5) is 10.2. The fraction of sp³-hybridized carbons (Fsp3) is 0.417. The first-order valence-corrected chi connectivity index (χ1v) is 6.68. The zero-order valence-electron chi connectivity index (χ0n) is 10.2. The average Bonchev–Trinajstić information content (AvgIpc) is 2.88. The standard InChI is InChI=1S/C12H12N4OS/c1-12(2)3-8-7(4-17-12)9-10(18-8)11-13-5-15-16(11)6-14-9/h5-6H,3-4H2,1-2H3. The lowest BCUT2D eigenvalue weighted by molar-refractivity contribution is -0.0383. The molecule has 0 aromatic carbocycles. The molecule has 0 saturated heterocycles. The van der Waals surface area contributed by atoms with Crippen molar-refractivity contribution in [3.8, 4) is 0 Å². The summed E-state index contributed by atoms with van der Waals surface area (Å²) >= 11 is 1.77. The molecule has 0 spiro atoms. The van der Waals surface area contributed by atoms with E-state index in [1.807, 2.05) is 0 Å². The molecular weight excluding hydrogens is 248 g/mol. The molecule has 4 heterocycles. The third-order valence-electron chi connectivity index (χ3n) is 3.33. The van der Waals surface area contributed by atoms with Crippen LogP contribution in [0.2, 0.25) is 0 Å². The predicted octanol–water partition coefficient (Wildman–Crippen LogP) is 2.19. The van der Waals surface area contributed by atoms with Crippen molar-refractivity contribution in [1.82, 2.24) is 19.6 Å². The molecule has 3 aromatic heterocycles. The molecule has 0 fully saturated rings. The summed E-state index contributed by atoms with van der Waals surface area (Å²) in [5.41, 5.74) is 3.04. The number of hydrogen-bond donors (Lipinski definition) is 0. The van der Waals surface area contributed by atoms with E-state index in [2.05, 4.69) is 28.9 Å². The number of aromatic nitrogens is 4. The molecule has 0 aliphatic carbocycles. The largest absolute Gasteiger partial charge is 0.370 e. The van der Waals surface area contributed by atoms with Gasteiger partial charge in [-0.15, -0.1) is 11.3 Å². The van der Waals surface area contributed by atoms with E-state index in [9.17, 15) is 0 Å². The highest BCUT2D eigenvalue weighted by molar-refractivity contribution is 7.20. The first kappa shape index (κ1) is 10.4. The molecule has 3 aromatic rings. The Bertz CT molecular complexity index is 758. The van der Waals surface area contributed by atoms with Crippen LogP contribution in [0.3, 0.4) is 0 Å². The van der Waals surface area contributed by atoms with Gasteiger partial charge in [0.25, 0.3) is 0 Å². The molecule has 0 amide bonds. The number of fused-ring (bicyclic) bond motifs is 5. The van der Waals surface area contributed by atoms with E-state index >= 15 is 0 Å². The van der Waals surface area contributed by atoms with Crippen LogP contribution in [0, 0.1) is 0 Å². The Labute approximate surface area is 107 Å². The van der Waals surface area contributed by atoms with Crippen molar-refractivity contribution < 1.29 is 4.74 Å². The molecule has 0 bridgehead atoms. The van der Waals surface area contributed by atoms with Crippen molar-refractivity contribution in [2.75, 3.05) is 0 Å². The quantitative estimate of drug-likeness (QED) is 0.621. The Hall–Kier alpha value is -1.53. The van der Waals surface area contributed by atoms with Crippen molar-refractivity contribution in [2.24, 2.45) is 0 Å². The van der Waals surface area contributed by atoms with Gasteiger partial charge in [-0.05, 0) is 13.8 Å². The van der Waals surface area contributed by atoms with Gasteiger partial charge in [0.1, 0.15) is 12.7 Å². The zero-order chi connectivity index (χ0) is 12.3. The van der Waals surface area contributed by atoms with Crippen LogP contribution in [0.5, 0.6) is 0 Å². The Kier molecular flexibility index (Phi) is 1.89. The Balaban J connectivity index is 2.05. The Morgan fingerprint density at radius 1 is 1.39 bits per heavy atom. The van der Waals surface area contributed by atoms with Crippen LogP contribution < -0.4 is 0 Å². The number of rotatable bonds is 0. The SMILES string of the molecule is CC1(C)Cc2sc3c(ncn4ncnc34)c2CO1.